The minimum atomic E-state index is -0.582. The number of halogens is 1. The van der Waals surface area contributed by atoms with Crippen molar-refractivity contribution in [3.63, 3.8) is 0 Å². The molecule has 1 saturated heterocycles. The van der Waals surface area contributed by atoms with Crippen molar-refractivity contribution in [1.82, 2.24) is 9.88 Å². The van der Waals surface area contributed by atoms with Crippen LogP contribution in [0.15, 0.2) is 58.4 Å². The molecule has 1 aromatic heterocycles. The predicted octanol–water partition coefficient (Wildman–Crippen LogP) is 3.74. The normalized spacial score (nSPS) is 20.8. The van der Waals surface area contributed by atoms with Crippen LogP contribution in [0.25, 0.3) is 27.4 Å². The third kappa shape index (κ3) is 5.00. The van der Waals surface area contributed by atoms with Crippen molar-refractivity contribution in [3.8, 4) is 17.2 Å². The van der Waals surface area contributed by atoms with E-state index in [4.69, 9.17) is 21.9 Å². The molecule has 3 heterocycles. The fraction of sp³-hybridized carbons (Fsp3) is 0.364. The number of rotatable bonds is 6. The highest BCUT2D eigenvalue weighted by Crippen LogP contribution is 2.48. The molecule has 3 aromatic carbocycles. The maximum atomic E-state index is 15.9. The molecule has 0 bridgehead atoms. The Bertz CT molecular complexity index is 1880. The lowest BCUT2D eigenvalue weighted by Crippen LogP contribution is -2.35. The zero-order valence-electron chi connectivity index (χ0n) is 24.4. The molecule has 1 aliphatic carbocycles. The molecule has 11 heteroatoms. The van der Waals surface area contributed by atoms with E-state index < -0.39 is 17.2 Å². The van der Waals surface area contributed by atoms with Crippen LogP contribution in [-0.2, 0) is 0 Å². The van der Waals surface area contributed by atoms with Gasteiger partial charge in [-0.2, -0.15) is 0 Å². The van der Waals surface area contributed by atoms with Crippen molar-refractivity contribution in [2.75, 3.05) is 31.1 Å². The van der Waals surface area contributed by atoms with Gasteiger partial charge in [0.25, 0.3) is 5.91 Å². The summed E-state index contributed by atoms with van der Waals surface area (Å²) in [5.41, 5.74) is 18.0. The van der Waals surface area contributed by atoms with Crippen LogP contribution in [0.2, 0.25) is 0 Å². The van der Waals surface area contributed by atoms with Crippen molar-refractivity contribution >= 4 is 39.2 Å². The number of nitrogens with one attached hydrogen (secondary N) is 1. The number of anilines is 1. The Kier molecular flexibility index (Phi) is 7.12. The summed E-state index contributed by atoms with van der Waals surface area (Å²) in [6.07, 6.45) is 6.20. The fourth-order valence-corrected chi connectivity index (χ4v) is 7.06. The molecular formula is C33H36FN7O3. The molecule has 3 atom stereocenters. The summed E-state index contributed by atoms with van der Waals surface area (Å²) in [7, 11) is 0. The number of fused-ring (bicyclic) bond motifs is 3. The number of aliphatic imine (C=N–C) groups is 1. The van der Waals surface area contributed by atoms with Gasteiger partial charge in [-0.05, 0) is 66.5 Å². The Hall–Kier alpha value is -4.64. The first kappa shape index (κ1) is 28.1. The number of guanidine groups is 1. The standard InChI is InChI=1S/C33H36FN7O3/c34-25-13-23-28-31(29(25)40-9-8-22(35)16-40)44-27-12-21-7-2-1-6-20(21)11-26(27)41(28)17-24(30(23)42)32(43)38-14-18-4-3-5-19(10-18)15-39-33(36)37/h1-2,6-7,11-13,17-19,22H,3-5,8-10,14-16,35H2,(H,38,43)(H4,36,37,39). The monoisotopic (exact) mass is 597 g/mol. The molecule has 2 aliphatic heterocycles. The maximum absolute atomic E-state index is 15.9. The van der Waals surface area contributed by atoms with Gasteiger partial charge in [-0.1, -0.05) is 30.7 Å². The number of amides is 1. The lowest BCUT2D eigenvalue weighted by Gasteiger charge is -2.30. The second-order valence-corrected chi connectivity index (χ2v) is 12.3. The van der Waals surface area contributed by atoms with Gasteiger partial charge in [0, 0.05) is 38.4 Å². The van der Waals surface area contributed by atoms with Gasteiger partial charge in [0.05, 0.1) is 11.1 Å². The first-order valence-electron chi connectivity index (χ1n) is 15.2. The van der Waals surface area contributed by atoms with Crippen LogP contribution in [0.3, 0.4) is 0 Å². The first-order valence-corrected chi connectivity index (χ1v) is 15.2. The van der Waals surface area contributed by atoms with Crippen LogP contribution in [0.4, 0.5) is 10.1 Å². The SMILES string of the molecule is NC(N)=NCC1CCCC(CNC(=O)c2cn3c4c(c(N5CCC(N)C5)c(F)cc4c2=O)Oc2cc4ccccc4cc2-3)C1. The quantitative estimate of drug-likeness (QED) is 0.172. The Balaban J connectivity index is 1.29. The molecule has 2 fully saturated rings. The van der Waals surface area contributed by atoms with Gasteiger partial charge in [-0.3, -0.25) is 14.6 Å². The van der Waals surface area contributed by atoms with E-state index in [1.165, 1.54) is 6.07 Å². The molecular weight excluding hydrogens is 561 g/mol. The van der Waals surface area contributed by atoms with Crippen molar-refractivity contribution in [2.24, 2.45) is 34.0 Å². The smallest absolute Gasteiger partial charge is 0.256 e. The second-order valence-electron chi connectivity index (χ2n) is 12.3. The number of pyridine rings is 1. The minimum Gasteiger partial charge on any atom is -0.451 e. The molecule has 1 saturated carbocycles. The molecule has 4 aromatic rings. The number of nitrogens with two attached hydrogens (primary N) is 3. The van der Waals surface area contributed by atoms with Gasteiger partial charge in [0.2, 0.25) is 5.43 Å². The highest BCUT2D eigenvalue weighted by molar-refractivity contribution is 6.02. The summed E-state index contributed by atoms with van der Waals surface area (Å²) in [6.45, 7) is 2.04. The van der Waals surface area contributed by atoms with Gasteiger partial charge in [0.1, 0.15) is 16.8 Å². The highest BCUT2D eigenvalue weighted by Gasteiger charge is 2.33. The lowest BCUT2D eigenvalue weighted by atomic mass is 9.81. The number of carbonyl (C=O) groups excluding carboxylic acids is 1. The fourth-order valence-electron chi connectivity index (χ4n) is 7.06. The van der Waals surface area contributed by atoms with E-state index in [1.807, 2.05) is 41.3 Å². The zero-order chi connectivity index (χ0) is 30.5. The zero-order valence-corrected chi connectivity index (χ0v) is 24.4. The third-order valence-electron chi connectivity index (χ3n) is 9.23. The summed E-state index contributed by atoms with van der Waals surface area (Å²) in [6, 6.07) is 12.9. The lowest BCUT2D eigenvalue weighted by molar-refractivity contribution is 0.0939. The van der Waals surface area contributed by atoms with Crippen LogP contribution in [-0.4, -0.2) is 48.7 Å². The van der Waals surface area contributed by atoms with Crippen molar-refractivity contribution in [3.05, 3.63) is 70.3 Å². The Labute approximate surface area is 253 Å². The number of carbonyl (C=O) groups is 1. The van der Waals surface area contributed by atoms with Crippen LogP contribution in [0, 0.1) is 17.7 Å². The molecule has 3 aliphatic rings. The molecule has 1 amide bonds. The van der Waals surface area contributed by atoms with Crippen LogP contribution in [0.1, 0.15) is 42.5 Å². The van der Waals surface area contributed by atoms with Gasteiger partial charge < -0.3 is 36.7 Å². The average molecular weight is 598 g/mol. The number of aromatic nitrogens is 1. The average Bonchev–Trinajstić information content (AvgIpc) is 3.44. The Morgan fingerprint density at radius 2 is 1.86 bits per heavy atom. The van der Waals surface area contributed by atoms with E-state index in [2.05, 4.69) is 10.3 Å². The Morgan fingerprint density at radius 3 is 2.61 bits per heavy atom. The highest BCUT2D eigenvalue weighted by atomic mass is 19.1. The summed E-state index contributed by atoms with van der Waals surface area (Å²) in [4.78, 5) is 33.5. The molecule has 7 N–H and O–H groups in total. The second kappa shape index (κ2) is 11.1. The van der Waals surface area contributed by atoms with Crippen LogP contribution in [0.5, 0.6) is 11.5 Å². The van der Waals surface area contributed by atoms with E-state index in [9.17, 15) is 9.59 Å². The van der Waals surface area contributed by atoms with Crippen molar-refractivity contribution in [1.29, 1.82) is 0 Å². The third-order valence-corrected chi connectivity index (χ3v) is 9.23. The summed E-state index contributed by atoms with van der Waals surface area (Å²) in [5.74, 6) is 0.366. The van der Waals surface area contributed by atoms with E-state index in [1.54, 1.807) is 10.8 Å². The number of ether oxygens (including phenoxy) is 1. The van der Waals surface area contributed by atoms with Gasteiger partial charge in [-0.25, -0.2) is 4.39 Å². The van der Waals surface area contributed by atoms with Crippen molar-refractivity contribution in [2.45, 2.75) is 38.1 Å². The molecule has 0 spiro atoms. The van der Waals surface area contributed by atoms with Crippen LogP contribution >= 0.6 is 0 Å². The van der Waals surface area contributed by atoms with Gasteiger partial charge in [0.15, 0.2) is 23.3 Å². The number of nitrogens with zero attached hydrogens (tertiary/aromatic N) is 3. The molecule has 44 heavy (non-hydrogen) atoms. The van der Waals surface area contributed by atoms with E-state index in [0.29, 0.717) is 49.1 Å². The van der Waals surface area contributed by atoms with E-state index >= 15 is 4.39 Å². The van der Waals surface area contributed by atoms with Gasteiger partial charge >= 0.3 is 0 Å². The minimum absolute atomic E-state index is 0.0485. The topological polar surface area (TPSA) is 154 Å². The first-order chi connectivity index (χ1) is 21.3. The molecule has 10 nitrogen and oxygen atoms in total. The molecule has 0 radical (unpaired) electrons. The van der Waals surface area contributed by atoms with E-state index in [-0.39, 0.29) is 40.3 Å². The maximum Gasteiger partial charge on any atom is 0.256 e. The number of benzene rings is 3. The van der Waals surface area contributed by atoms with Crippen molar-refractivity contribution < 1.29 is 13.9 Å². The number of hydrogen-bond donors (Lipinski definition) is 4. The summed E-state index contributed by atoms with van der Waals surface area (Å²) in [5, 5.41) is 5.00. The van der Waals surface area contributed by atoms with Gasteiger partial charge in [-0.15, -0.1) is 0 Å². The number of hydrogen-bond acceptors (Lipinski definition) is 6. The molecule has 228 valence electrons. The van der Waals surface area contributed by atoms with E-state index in [0.717, 1.165) is 42.9 Å². The molecule has 7 rings (SSSR count). The molecule has 3 unspecified atom stereocenters. The van der Waals surface area contributed by atoms with Crippen LogP contribution < -0.4 is 37.6 Å². The Morgan fingerprint density at radius 1 is 1.09 bits per heavy atom. The predicted molar refractivity (Wildman–Crippen MR) is 170 cm³/mol. The summed E-state index contributed by atoms with van der Waals surface area (Å²) < 4.78 is 24.2. The largest absolute Gasteiger partial charge is 0.451 e. The summed E-state index contributed by atoms with van der Waals surface area (Å²) >= 11 is 0.